The predicted molar refractivity (Wildman–Crippen MR) is 87.6 cm³/mol. The molecule has 1 aliphatic rings. The Labute approximate surface area is 128 Å². The molecule has 1 aromatic rings. The van der Waals surface area contributed by atoms with Crippen LogP contribution in [0.1, 0.15) is 27.7 Å². The molecule has 4 heteroatoms. The van der Waals surface area contributed by atoms with Crippen LogP contribution in [0.3, 0.4) is 0 Å². The van der Waals surface area contributed by atoms with E-state index < -0.39 is 0 Å². The molecule has 1 aromatic carbocycles. The van der Waals surface area contributed by atoms with Gasteiger partial charge in [0.15, 0.2) is 0 Å². The number of anilines is 1. The minimum atomic E-state index is 0.237. The fraction of sp³-hybridized carbons (Fsp3) is 0.647. The van der Waals surface area contributed by atoms with Gasteiger partial charge in [0.2, 0.25) is 0 Å². The van der Waals surface area contributed by atoms with Gasteiger partial charge in [0.25, 0.3) is 0 Å². The first-order valence-corrected chi connectivity index (χ1v) is 7.58. The third kappa shape index (κ3) is 3.62. The van der Waals surface area contributed by atoms with Crippen molar-refractivity contribution in [1.29, 1.82) is 0 Å². The van der Waals surface area contributed by atoms with Crippen LogP contribution in [0.15, 0.2) is 18.2 Å². The molecule has 0 aromatic heterocycles. The van der Waals surface area contributed by atoms with Gasteiger partial charge in [-0.3, -0.25) is 0 Å². The van der Waals surface area contributed by atoms with Crippen LogP contribution in [0.4, 0.5) is 5.69 Å². The molecule has 1 N–H and O–H groups in total. The van der Waals surface area contributed by atoms with E-state index in [1.54, 1.807) is 14.2 Å². The van der Waals surface area contributed by atoms with Crippen molar-refractivity contribution in [2.75, 3.05) is 32.2 Å². The summed E-state index contributed by atoms with van der Waals surface area (Å²) in [6.45, 7) is 11.1. The molecule has 0 aliphatic carbocycles. The summed E-state index contributed by atoms with van der Waals surface area (Å²) in [6, 6.07) is 7.00. The van der Waals surface area contributed by atoms with Gasteiger partial charge in [-0.15, -0.1) is 0 Å². The number of benzene rings is 1. The van der Waals surface area contributed by atoms with E-state index in [0.717, 1.165) is 30.3 Å². The number of rotatable bonds is 3. The number of nitrogens with one attached hydrogen (secondary N) is 1. The molecule has 2 rings (SSSR count). The molecule has 1 heterocycles. The van der Waals surface area contributed by atoms with Crippen LogP contribution in [0.2, 0.25) is 0 Å². The molecule has 1 aliphatic heterocycles. The van der Waals surface area contributed by atoms with E-state index in [0.29, 0.717) is 12.1 Å². The SMILES string of the molecule is COc1cc(OC)cc(N2CC(C(C)(C)C)NCC2C)c1. The summed E-state index contributed by atoms with van der Waals surface area (Å²) in [5.74, 6) is 1.67. The summed E-state index contributed by atoms with van der Waals surface area (Å²) in [4.78, 5) is 2.44. The van der Waals surface area contributed by atoms with Gasteiger partial charge in [0, 0.05) is 49.1 Å². The minimum absolute atomic E-state index is 0.237. The standard InChI is InChI=1S/C17H28N2O2/c1-12-10-18-16(17(2,3)4)11-19(12)13-7-14(20-5)9-15(8-13)21-6/h7-9,12,16,18H,10-11H2,1-6H3. The molecule has 0 radical (unpaired) electrons. The molecule has 21 heavy (non-hydrogen) atoms. The summed E-state index contributed by atoms with van der Waals surface area (Å²) >= 11 is 0. The Balaban J connectivity index is 2.30. The maximum Gasteiger partial charge on any atom is 0.124 e. The van der Waals surface area contributed by atoms with Gasteiger partial charge >= 0.3 is 0 Å². The van der Waals surface area contributed by atoms with Crippen molar-refractivity contribution in [3.05, 3.63) is 18.2 Å². The highest BCUT2D eigenvalue weighted by atomic mass is 16.5. The first-order valence-electron chi connectivity index (χ1n) is 7.58. The van der Waals surface area contributed by atoms with Crippen LogP contribution in [0.5, 0.6) is 11.5 Å². The van der Waals surface area contributed by atoms with Crippen molar-refractivity contribution in [2.24, 2.45) is 5.41 Å². The number of ether oxygens (including phenoxy) is 2. The Kier molecular flexibility index (Phi) is 4.67. The third-order valence-electron chi connectivity index (χ3n) is 4.28. The van der Waals surface area contributed by atoms with Gasteiger partial charge in [-0.1, -0.05) is 20.8 Å². The maximum atomic E-state index is 5.40. The van der Waals surface area contributed by atoms with Crippen LogP contribution in [-0.2, 0) is 0 Å². The molecular weight excluding hydrogens is 264 g/mol. The zero-order valence-electron chi connectivity index (χ0n) is 14.1. The highest BCUT2D eigenvalue weighted by molar-refractivity contribution is 5.57. The molecule has 4 nitrogen and oxygen atoms in total. The summed E-state index contributed by atoms with van der Waals surface area (Å²) in [5.41, 5.74) is 1.40. The summed E-state index contributed by atoms with van der Waals surface area (Å²) in [5, 5.41) is 3.66. The number of piperazine rings is 1. The largest absolute Gasteiger partial charge is 0.497 e. The van der Waals surface area contributed by atoms with Crippen molar-refractivity contribution in [3.63, 3.8) is 0 Å². The quantitative estimate of drug-likeness (QED) is 0.929. The second-order valence-corrected chi connectivity index (χ2v) is 6.90. The number of hydrogen-bond acceptors (Lipinski definition) is 4. The van der Waals surface area contributed by atoms with E-state index in [9.17, 15) is 0 Å². The lowest BCUT2D eigenvalue weighted by Crippen LogP contribution is -2.59. The first kappa shape index (κ1) is 16.0. The van der Waals surface area contributed by atoms with Crippen LogP contribution in [0, 0.1) is 5.41 Å². The van der Waals surface area contributed by atoms with Crippen molar-refractivity contribution < 1.29 is 9.47 Å². The van der Waals surface area contributed by atoms with Crippen molar-refractivity contribution >= 4 is 5.69 Å². The van der Waals surface area contributed by atoms with E-state index in [-0.39, 0.29) is 5.41 Å². The predicted octanol–water partition coefficient (Wildman–Crippen LogP) is 2.92. The van der Waals surface area contributed by atoms with Crippen molar-refractivity contribution in [2.45, 2.75) is 39.8 Å². The van der Waals surface area contributed by atoms with Gasteiger partial charge < -0.3 is 19.7 Å². The Morgan fingerprint density at radius 2 is 1.67 bits per heavy atom. The van der Waals surface area contributed by atoms with Crippen LogP contribution in [-0.4, -0.2) is 39.4 Å². The lowest BCUT2D eigenvalue weighted by molar-refractivity contribution is 0.238. The monoisotopic (exact) mass is 292 g/mol. The van der Waals surface area contributed by atoms with E-state index in [1.807, 2.05) is 6.07 Å². The molecule has 2 unspecified atom stereocenters. The van der Waals surface area contributed by atoms with E-state index in [1.165, 1.54) is 0 Å². The van der Waals surface area contributed by atoms with E-state index >= 15 is 0 Å². The molecule has 1 fully saturated rings. The normalized spacial score (nSPS) is 23.0. The molecular formula is C17H28N2O2. The average Bonchev–Trinajstić information content (AvgIpc) is 2.45. The lowest BCUT2D eigenvalue weighted by atomic mass is 9.84. The van der Waals surface area contributed by atoms with Gasteiger partial charge in [0.1, 0.15) is 11.5 Å². The molecule has 0 amide bonds. The van der Waals surface area contributed by atoms with Crippen LogP contribution in [0.25, 0.3) is 0 Å². The van der Waals surface area contributed by atoms with Crippen molar-refractivity contribution in [1.82, 2.24) is 5.32 Å². The van der Waals surface area contributed by atoms with E-state index in [4.69, 9.17) is 9.47 Å². The van der Waals surface area contributed by atoms with Gasteiger partial charge in [-0.25, -0.2) is 0 Å². The van der Waals surface area contributed by atoms with E-state index in [2.05, 4.69) is 50.0 Å². The maximum absolute atomic E-state index is 5.40. The van der Waals surface area contributed by atoms with Crippen LogP contribution >= 0.6 is 0 Å². The Morgan fingerprint density at radius 3 is 2.14 bits per heavy atom. The number of methoxy groups -OCH3 is 2. The van der Waals surface area contributed by atoms with Gasteiger partial charge in [-0.2, -0.15) is 0 Å². The topological polar surface area (TPSA) is 33.7 Å². The van der Waals surface area contributed by atoms with Gasteiger partial charge in [-0.05, 0) is 12.3 Å². The number of hydrogen-bond donors (Lipinski definition) is 1. The smallest absolute Gasteiger partial charge is 0.124 e. The zero-order chi connectivity index (χ0) is 15.6. The molecule has 0 bridgehead atoms. The zero-order valence-corrected chi connectivity index (χ0v) is 14.1. The molecule has 118 valence electrons. The second kappa shape index (κ2) is 6.14. The highest BCUT2D eigenvalue weighted by Gasteiger charge is 2.32. The first-order chi connectivity index (χ1) is 9.85. The van der Waals surface area contributed by atoms with Gasteiger partial charge in [0.05, 0.1) is 14.2 Å². The fourth-order valence-corrected chi connectivity index (χ4v) is 2.76. The number of nitrogens with zero attached hydrogens (tertiary/aromatic N) is 1. The lowest BCUT2D eigenvalue weighted by Gasteiger charge is -2.45. The van der Waals surface area contributed by atoms with Crippen molar-refractivity contribution in [3.8, 4) is 11.5 Å². The molecule has 0 spiro atoms. The Bertz CT molecular complexity index is 460. The second-order valence-electron chi connectivity index (χ2n) is 6.90. The molecule has 2 atom stereocenters. The summed E-state index contributed by atoms with van der Waals surface area (Å²) in [7, 11) is 3.38. The Morgan fingerprint density at radius 1 is 1.10 bits per heavy atom. The van der Waals surface area contributed by atoms with Crippen LogP contribution < -0.4 is 19.7 Å². The molecule has 1 saturated heterocycles. The minimum Gasteiger partial charge on any atom is -0.497 e. The summed E-state index contributed by atoms with van der Waals surface area (Å²) < 4.78 is 10.8. The average molecular weight is 292 g/mol. The fourth-order valence-electron chi connectivity index (χ4n) is 2.76. The molecule has 0 saturated carbocycles. The summed E-state index contributed by atoms with van der Waals surface area (Å²) in [6.07, 6.45) is 0. The Hall–Kier alpha value is -1.42. The highest BCUT2D eigenvalue weighted by Crippen LogP contribution is 2.32. The third-order valence-corrected chi connectivity index (χ3v) is 4.28.